The first kappa shape index (κ1) is 18.3. The second-order valence-corrected chi connectivity index (χ2v) is 6.36. The molecule has 1 heterocycles. The van der Waals surface area contributed by atoms with Crippen molar-refractivity contribution in [2.45, 2.75) is 26.3 Å². The Morgan fingerprint density at radius 1 is 1.15 bits per heavy atom. The van der Waals surface area contributed by atoms with Gasteiger partial charge < -0.3 is 9.84 Å². The maximum atomic E-state index is 12.7. The molecular weight excluding hydrogens is 346 g/mol. The van der Waals surface area contributed by atoms with Gasteiger partial charge in [-0.1, -0.05) is 35.0 Å². The van der Waals surface area contributed by atoms with E-state index in [1.807, 2.05) is 31.2 Å². The van der Waals surface area contributed by atoms with Crippen LogP contribution >= 0.6 is 0 Å². The normalized spacial score (nSPS) is 11.8. The van der Waals surface area contributed by atoms with Crippen LogP contribution in [0.1, 0.15) is 39.7 Å². The zero-order chi connectivity index (χ0) is 19.4. The standard InChI is InChI=1S/C20H19N3O4/c1-13-3-5-15(6-4-13)18(21-20-11-14(2)27-22-20)12-19(24)16-7-9-17(10-8-16)23(25)26/h3-11,18H,12H2,1-2H3,(H,21,22). The van der Waals surface area contributed by atoms with E-state index in [1.54, 1.807) is 13.0 Å². The lowest BCUT2D eigenvalue weighted by Gasteiger charge is -2.18. The van der Waals surface area contributed by atoms with Gasteiger partial charge in [0.2, 0.25) is 0 Å². The quantitative estimate of drug-likeness (QED) is 0.372. The van der Waals surface area contributed by atoms with Crippen molar-refractivity contribution in [3.63, 3.8) is 0 Å². The van der Waals surface area contributed by atoms with Gasteiger partial charge in [0.25, 0.3) is 5.69 Å². The number of anilines is 1. The molecule has 1 aromatic heterocycles. The Hall–Kier alpha value is -3.48. The lowest BCUT2D eigenvalue weighted by atomic mass is 9.97. The summed E-state index contributed by atoms with van der Waals surface area (Å²) in [5.41, 5.74) is 2.45. The Morgan fingerprint density at radius 2 is 1.81 bits per heavy atom. The Bertz CT molecular complexity index is 946. The van der Waals surface area contributed by atoms with Crippen LogP contribution in [0, 0.1) is 24.0 Å². The van der Waals surface area contributed by atoms with Crippen LogP contribution in [-0.2, 0) is 0 Å². The molecule has 138 valence electrons. The lowest BCUT2D eigenvalue weighted by Crippen LogP contribution is -2.16. The third kappa shape index (κ3) is 4.58. The number of nitro benzene ring substituents is 1. The molecule has 3 aromatic rings. The fourth-order valence-corrected chi connectivity index (χ4v) is 2.74. The summed E-state index contributed by atoms with van der Waals surface area (Å²) in [6.45, 7) is 3.79. The van der Waals surface area contributed by atoms with Crippen molar-refractivity contribution in [1.82, 2.24) is 5.16 Å². The molecule has 0 amide bonds. The van der Waals surface area contributed by atoms with Crippen molar-refractivity contribution in [2.24, 2.45) is 0 Å². The molecule has 0 saturated carbocycles. The van der Waals surface area contributed by atoms with Crippen molar-refractivity contribution in [3.8, 4) is 0 Å². The average molecular weight is 365 g/mol. The van der Waals surface area contributed by atoms with Crippen LogP contribution in [0.5, 0.6) is 0 Å². The second-order valence-electron chi connectivity index (χ2n) is 6.36. The molecule has 7 heteroatoms. The molecule has 2 aromatic carbocycles. The van der Waals surface area contributed by atoms with Gasteiger partial charge in [-0.3, -0.25) is 14.9 Å². The summed E-state index contributed by atoms with van der Waals surface area (Å²) >= 11 is 0. The third-order valence-corrected chi connectivity index (χ3v) is 4.22. The molecule has 7 nitrogen and oxygen atoms in total. The summed E-state index contributed by atoms with van der Waals surface area (Å²) in [7, 11) is 0. The summed E-state index contributed by atoms with van der Waals surface area (Å²) in [4.78, 5) is 23.0. The number of rotatable bonds is 7. The van der Waals surface area contributed by atoms with Gasteiger partial charge in [-0.05, 0) is 31.5 Å². The summed E-state index contributed by atoms with van der Waals surface area (Å²) in [5, 5.41) is 17.9. The molecule has 1 atom stereocenters. The van der Waals surface area contributed by atoms with Crippen molar-refractivity contribution < 1.29 is 14.2 Å². The second kappa shape index (κ2) is 7.82. The van der Waals surface area contributed by atoms with Crippen LogP contribution in [0.15, 0.2) is 59.1 Å². The van der Waals surface area contributed by atoms with Gasteiger partial charge in [-0.25, -0.2) is 0 Å². The number of carbonyl (C=O) groups is 1. The number of Topliss-reactive ketones (excluding diaryl/α,β-unsaturated/α-hetero) is 1. The van der Waals surface area contributed by atoms with Gasteiger partial charge in [0.15, 0.2) is 11.6 Å². The van der Waals surface area contributed by atoms with Gasteiger partial charge in [0.05, 0.1) is 11.0 Å². The minimum absolute atomic E-state index is 0.0437. The van der Waals surface area contributed by atoms with Crippen LogP contribution in [-0.4, -0.2) is 15.9 Å². The molecule has 0 aliphatic carbocycles. The molecule has 0 bridgehead atoms. The highest BCUT2D eigenvalue weighted by Gasteiger charge is 2.19. The summed E-state index contributed by atoms with van der Waals surface area (Å²) in [6.07, 6.45) is 0.173. The third-order valence-electron chi connectivity index (χ3n) is 4.22. The van der Waals surface area contributed by atoms with Crippen LogP contribution < -0.4 is 5.32 Å². The number of hydrogen-bond acceptors (Lipinski definition) is 6. The number of carbonyl (C=O) groups excluding carboxylic acids is 1. The molecule has 1 N–H and O–H groups in total. The molecule has 0 radical (unpaired) electrons. The predicted octanol–water partition coefficient (Wildman–Crippen LogP) is 4.63. The van der Waals surface area contributed by atoms with Crippen LogP contribution in [0.2, 0.25) is 0 Å². The van der Waals surface area contributed by atoms with Gasteiger partial charge in [-0.15, -0.1) is 0 Å². The van der Waals surface area contributed by atoms with Crippen molar-refractivity contribution in [2.75, 3.05) is 5.32 Å². The molecule has 0 aliphatic rings. The van der Waals surface area contributed by atoms with Crippen molar-refractivity contribution in [1.29, 1.82) is 0 Å². The van der Waals surface area contributed by atoms with E-state index in [4.69, 9.17) is 4.52 Å². The molecule has 27 heavy (non-hydrogen) atoms. The monoisotopic (exact) mass is 365 g/mol. The van der Waals surface area contributed by atoms with E-state index in [0.717, 1.165) is 11.1 Å². The SMILES string of the molecule is Cc1ccc(C(CC(=O)c2ccc([N+](=O)[O-])cc2)Nc2cc(C)on2)cc1. The summed E-state index contributed by atoms with van der Waals surface area (Å²) < 4.78 is 5.08. The van der Waals surface area contributed by atoms with E-state index >= 15 is 0 Å². The van der Waals surface area contributed by atoms with Gasteiger partial charge >= 0.3 is 0 Å². The van der Waals surface area contributed by atoms with Crippen molar-refractivity contribution >= 4 is 17.3 Å². The molecule has 0 fully saturated rings. The maximum absolute atomic E-state index is 12.7. The first-order chi connectivity index (χ1) is 12.9. The predicted molar refractivity (Wildman–Crippen MR) is 101 cm³/mol. The number of aromatic nitrogens is 1. The first-order valence-electron chi connectivity index (χ1n) is 8.46. The van der Waals surface area contributed by atoms with E-state index in [1.165, 1.54) is 24.3 Å². The van der Waals surface area contributed by atoms with Gasteiger partial charge in [0, 0.05) is 30.2 Å². The lowest BCUT2D eigenvalue weighted by molar-refractivity contribution is -0.384. The fraction of sp³-hybridized carbons (Fsp3) is 0.200. The summed E-state index contributed by atoms with van der Waals surface area (Å²) in [5.74, 6) is 1.10. The van der Waals surface area contributed by atoms with Gasteiger partial charge in [-0.2, -0.15) is 0 Å². The van der Waals surface area contributed by atoms with Crippen LogP contribution in [0.4, 0.5) is 11.5 Å². The van der Waals surface area contributed by atoms with Crippen molar-refractivity contribution in [3.05, 3.63) is 87.2 Å². The van der Waals surface area contributed by atoms with E-state index in [2.05, 4.69) is 10.5 Å². The van der Waals surface area contributed by atoms with Gasteiger partial charge in [0.1, 0.15) is 5.76 Å². The zero-order valence-electron chi connectivity index (χ0n) is 15.0. The molecule has 1 unspecified atom stereocenters. The summed E-state index contributed by atoms with van der Waals surface area (Å²) in [6, 6.07) is 15.0. The number of benzene rings is 2. The maximum Gasteiger partial charge on any atom is 0.269 e. The fourth-order valence-electron chi connectivity index (χ4n) is 2.74. The van der Waals surface area contributed by atoms with Crippen LogP contribution in [0.3, 0.4) is 0 Å². The topological polar surface area (TPSA) is 98.3 Å². The molecule has 0 spiro atoms. The number of aryl methyl sites for hydroxylation is 2. The number of nitro groups is 1. The minimum atomic E-state index is -0.488. The van der Waals surface area contributed by atoms with E-state index in [-0.39, 0.29) is 23.9 Å². The van der Waals surface area contributed by atoms with E-state index < -0.39 is 4.92 Å². The van der Waals surface area contributed by atoms with E-state index in [0.29, 0.717) is 17.1 Å². The number of ketones is 1. The highest BCUT2D eigenvalue weighted by molar-refractivity contribution is 5.96. The number of non-ortho nitro benzene ring substituents is 1. The molecule has 0 saturated heterocycles. The Morgan fingerprint density at radius 3 is 2.37 bits per heavy atom. The molecule has 0 aliphatic heterocycles. The Kier molecular flexibility index (Phi) is 5.30. The minimum Gasteiger partial charge on any atom is -0.360 e. The number of nitrogens with one attached hydrogen (secondary N) is 1. The first-order valence-corrected chi connectivity index (χ1v) is 8.46. The highest BCUT2D eigenvalue weighted by atomic mass is 16.6. The van der Waals surface area contributed by atoms with E-state index in [9.17, 15) is 14.9 Å². The number of hydrogen-bond donors (Lipinski definition) is 1. The van der Waals surface area contributed by atoms with Crippen LogP contribution in [0.25, 0.3) is 0 Å². The molecule has 3 rings (SSSR count). The molecular formula is C20H19N3O4. The Balaban J connectivity index is 1.82. The zero-order valence-corrected chi connectivity index (χ0v) is 15.0. The Labute approximate surface area is 156 Å². The average Bonchev–Trinajstić information content (AvgIpc) is 3.06. The number of nitrogens with zero attached hydrogens (tertiary/aromatic N) is 2. The highest BCUT2D eigenvalue weighted by Crippen LogP contribution is 2.25. The smallest absolute Gasteiger partial charge is 0.269 e. The largest absolute Gasteiger partial charge is 0.360 e.